The van der Waals surface area contributed by atoms with Crippen LogP contribution in [-0.4, -0.2) is 39.5 Å². The number of imidazole rings is 1. The van der Waals surface area contributed by atoms with Gasteiger partial charge in [-0.15, -0.1) is 0 Å². The van der Waals surface area contributed by atoms with Crippen LogP contribution in [-0.2, 0) is 33.8 Å². The predicted octanol–water partition coefficient (Wildman–Crippen LogP) is 2.94. The van der Waals surface area contributed by atoms with Crippen molar-refractivity contribution < 1.29 is 14.3 Å². The van der Waals surface area contributed by atoms with Gasteiger partial charge in [-0.25, -0.2) is 9.78 Å². The lowest BCUT2D eigenvalue weighted by molar-refractivity contribution is -0.156. The van der Waals surface area contributed by atoms with Crippen LogP contribution >= 0.6 is 0 Å². The zero-order valence-corrected chi connectivity index (χ0v) is 16.3. The van der Waals surface area contributed by atoms with Crippen molar-refractivity contribution in [2.24, 2.45) is 5.92 Å². The van der Waals surface area contributed by atoms with E-state index in [9.17, 15) is 9.59 Å². The van der Waals surface area contributed by atoms with E-state index in [1.54, 1.807) is 4.90 Å². The smallest absolute Gasteiger partial charge is 0.329 e. The maximum absolute atomic E-state index is 13.3. The summed E-state index contributed by atoms with van der Waals surface area (Å²) in [7, 11) is 1.38. The van der Waals surface area contributed by atoms with Crippen molar-refractivity contribution >= 4 is 11.9 Å². The third kappa shape index (κ3) is 3.68. The average molecular weight is 381 g/mol. The summed E-state index contributed by atoms with van der Waals surface area (Å²) in [5, 5.41) is 0. The quantitative estimate of drug-likeness (QED) is 0.764. The molecule has 1 aliphatic carbocycles. The van der Waals surface area contributed by atoms with Crippen LogP contribution in [0.3, 0.4) is 0 Å². The second-order valence-corrected chi connectivity index (χ2v) is 7.80. The summed E-state index contributed by atoms with van der Waals surface area (Å²) >= 11 is 0. The summed E-state index contributed by atoms with van der Waals surface area (Å²) in [6, 6.07) is 9.62. The first-order valence-corrected chi connectivity index (χ1v) is 10.1. The third-order valence-corrected chi connectivity index (χ3v) is 6.02. The van der Waals surface area contributed by atoms with Crippen LogP contribution in [0.15, 0.2) is 36.7 Å². The van der Waals surface area contributed by atoms with Gasteiger partial charge in [-0.2, -0.15) is 0 Å². The van der Waals surface area contributed by atoms with Crippen LogP contribution in [0.5, 0.6) is 0 Å². The molecule has 2 heterocycles. The van der Waals surface area contributed by atoms with Crippen molar-refractivity contribution in [2.75, 3.05) is 7.11 Å². The lowest BCUT2D eigenvalue weighted by atomic mass is 9.87. The number of amides is 1. The molecule has 1 unspecified atom stereocenters. The largest absolute Gasteiger partial charge is 0.467 e. The summed E-state index contributed by atoms with van der Waals surface area (Å²) in [6.07, 6.45) is 7.44. The zero-order chi connectivity index (χ0) is 19.5. The van der Waals surface area contributed by atoms with Gasteiger partial charge < -0.3 is 14.2 Å². The van der Waals surface area contributed by atoms with Crippen molar-refractivity contribution in [3.8, 4) is 0 Å². The highest BCUT2D eigenvalue weighted by atomic mass is 16.5. The van der Waals surface area contributed by atoms with Crippen LogP contribution in [0.2, 0.25) is 0 Å². The van der Waals surface area contributed by atoms with Gasteiger partial charge >= 0.3 is 5.97 Å². The van der Waals surface area contributed by atoms with Gasteiger partial charge in [-0.05, 0) is 18.4 Å². The molecule has 28 heavy (non-hydrogen) atoms. The van der Waals surface area contributed by atoms with Gasteiger partial charge in [0.05, 0.1) is 31.4 Å². The molecule has 1 aliphatic heterocycles. The van der Waals surface area contributed by atoms with Crippen molar-refractivity contribution in [3.63, 3.8) is 0 Å². The van der Waals surface area contributed by atoms with Gasteiger partial charge in [-0.1, -0.05) is 49.6 Å². The minimum absolute atomic E-state index is 0.0213. The Kier molecular flexibility index (Phi) is 5.46. The summed E-state index contributed by atoms with van der Waals surface area (Å²) < 4.78 is 7.10. The first-order valence-electron chi connectivity index (χ1n) is 10.1. The summed E-state index contributed by atoms with van der Waals surface area (Å²) in [6.45, 7) is 1.12. The van der Waals surface area contributed by atoms with E-state index in [1.165, 1.54) is 19.1 Å². The third-order valence-electron chi connectivity index (χ3n) is 6.02. The minimum atomic E-state index is -0.577. The molecule has 0 saturated heterocycles. The van der Waals surface area contributed by atoms with Crippen molar-refractivity contribution in [1.29, 1.82) is 0 Å². The fourth-order valence-electron chi connectivity index (χ4n) is 4.45. The Morgan fingerprint density at radius 3 is 2.61 bits per heavy atom. The van der Waals surface area contributed by atoms with Crippen LogP contribution < -0.4 is 0 Å². The number of methoxy groups -OCH3 is 1. The van der Waals surface area contributed by atoms with Gasteiger partial charge in [-0.3, -0.25) is 4.79 Å². The lowest BCUT2D eigenvalue weighted by Crippen LogP contribution is -2.51. The summed E-state index contributed by atoms with van der Waals surface area (Å²) in [5.74, 6) is -0.242. The lowest BCUT2D eigenvalue weighted by Gasteiger charge is -2.37. The van der Waals surface area contributed by atoms with Crippen LogP contribution in [0.4, 0.5) is 0 Å². The Hall–Kier alpha value is -2.63. The van der Waals surface area contributed by atoms with Crippen LogP contribution in [0.25, 0.3) is 0 Å². The molecule has 0 N–H and O–H groups in total. The highest BCUT2D eigenvalue weighted by molar-refractivity contribution is 5.86. The monoisotopic (exact) mass is 381 g/mol. The molecule has 1 saturated carbocycles. The molecule has 148 valence electrons. The molecule has 0 radical (unpaired) electrons. The SMILES string of the molecule is COC(=O)C1Cc2ncn(Cc3ccccc3)c2CN1C(=O)C1CCCCC1. The van der Waals surface area contributed by atoms with Crippen molar-refractivity contribution in [2.45, 2.75) is 57.7 Å². The maximum atomic E-state index is 13.3. The number of rotatable bonds is 4. The molecular formula is C22H27N3O3. The number of esters is 1. The van der Waals surface area contributed by atoms with Crippen LogP contribution in [0, 0.1) is 5.92 Å². The van der Waals surface area contributed by atoms with E-state index >= 15 is 0 Å². The number of aromatic nitrogens is 2. The van der Waals surface area contributed by atoms with Crippen LogP contribution in [0.1, 0.15) is 49.1 Å². The van der Waals surface area contributed by atoms with Crippen molar-refractivity contribution in [1.82, 2.24) is 14.5 Å². The Labute approximate surface area is 165 Å². The Morgan fingerprint density at radius 1 is 1.14 bits per heavy atom. The topological polar surface area (TPSA) is 64.4 Å². The van der Waals surface area contributed by atoms with Gasteiger partial charge in [0.15, 0.2) is 0 Å². The molecule has 4 rings (SSSR count). The van der Waals surface area contributed by atoms with Gasteiger partial charge in [0.25, 0.3) is 0 Å². The molecule has 2 aliphatic rings. The molecule has 0 bridgehead atoms. The predicted molar refractivity (Wildman–Crippen MR) is 104 cm³/mol. The van der Waals surface area contributed by atoms with E-state index in [1.807, 2.05) is 24.5 Å². The number of fused-ring (bicyclic) bond motifs is 1. The first kappa shape index (κ1) is 18.7. The Morgan fingerprint density at radius 2 is 1.89 bits per heavy atom. The van der Waals surface area contributed by atoms with E-state index in [-0.39, 0.29) is 17.8 Å². The number of hydrogen-bond donors (Lipinski definition) is 0. The second-order valence-electron chi connectivity index (χ2n) is 7.80. The maximum Gasteiger partial charge on any atom is 0.329 e. The molecule has 1 fully saturated rings. The number of carbonyl (C=O) groups excluding carboxylic acids is 2. The number of benzene rings is 1. The molecular weight excluding hydrogens is 354 g/mol. The minimum Gasteiger partial charge on any atom is -0.467 e. The molecule has 6 heteroatoms. The average Bonchev–Trinajstić information content (AvgIpc) is 3.14. The molecule has 2 aromatic rings. The van der Waals surface area contributed by atoms with E-state index in [0.29, 0.717) is 19.5 Å². The van der Waals surface area contributed by atoms with E-state index in [2.05, 4.69) is 21.7 Å². The Balaban J connectivity index is 1.61. The van der Waals surface area contributed by atoms with E-state index in [0.717, 1.165) is 37.1 Å². The normalized spacial score (nSPS) is 19.9. The highest BCUT2D eigenvalue weighted by Crippen LogP contribution is 2.30. The number of ether oxygens (including phenoxy) is 1. The molecule has 1 aromatic heterocycles. The van der Waals surface area contributed by atoms with E-state index in [4.69, 9.17) is 4.74 Å². The standard InChI is InChI=1S/C22H27N3O3/c1-28-22(27)19-12-18-20(14-25(19)21(26)17-10-6-3-7-11-17)24(15-23-18)13-16-8-4-2-5-9-16/h2,4-5,8-9,15,17,19H,3,6-7,10-14H2,1H3. The Bertz CT molecular complexity index is 840. The zero-order valence-electron chi connectivity index (χ0n) is 16.3. The number of nitrogens with zero attached hydrogens (tertiary/aromatic N) is 3. The molecule has 1 amide bonds. The highest BCUT2D eigenvalue weighted by Gasteiger charge is 2.40. The fraction of sp³-hybridized carbons (Fsp3) is 0.500. The molecule has 0 spiro atoms. The molecule has 1 atom stereocenters. The number of carbonyl (C=O) groups is 2. The summed E-state index contributed by atoms with van der Waals surface area (Å²) in [4.78, 5) is 32.0. The van der Waals surface area contributed by atoms with E-state index < -0.39 is 6.04 Å². The second kappa shape index (κ2) is 8.17. The van der Waals surface area contributed by atoms with Gasteiger partial charge in [0.1, 0.15) is 6.04 Å². The molecule has 1 aromatic carbocycles. The van der Waals surface area contributed by atoms with Gasteiger partial charge in [0.2, 0.25) is 5.91 Å². The first-order chi connectivity index (χ1) is 13.7. The van der Waals surface area contributed by atoms with Gasteiger partial charge in [0, 0.05) is 18.9 Å². The number of hydrogen-bond acceptors (Lipinski definition) is 4. The summed E-state index contributed by atoms with van der Waals surface area (Å²) in [5.41, 5.74) is 3.09. The fourth-order valence-corrected chi connectivity index (χ4v) is 4.45. The van der Waals surface area contributed by atoms with Crippen molar-refractivity contribution in [3.05, 3.63) is 53.6 Å². The molecule has 6 nitrogen and oxygen atoms in total.